The van der Waals surface area contributed by atoms with E-state index in [0.29, 0.717) is 0 Å². The number of anilines is 1. The third-order valence-corrected chi connectivity index (χ3v) is 3.87. The zero-order valence-electron chi connectivity index (χ0n) is 11.2. The van der Waals surface area contributed by atoms with Crippen LogP contribution in [0.2, 0.25) is 0 Å². The summed E-state index contributed by atoms with van der Waals surface area (Å²) in [6.07, 6.45) is 2.03. The molecule has 0 fully saturated rings. The number of aryl methyl sites for hydroxylation is 3. The number of aromatic nitrogens is 2. The molecule has 0 saturated heterocycles. The van der Waals surface area contributed by atoms with Crippen LogP contribution in [-0.2, 0) is 19.4 Å². The first-order valence-corrected chi connectivity index (χ1v) is 7.24. The highest BCUT2D eigenvalue weighted by Gasteiger charge is 2.04. The van der Waals surface area contributed by atoms with Gasteiger partial charge in [0.05, 0.1) is 6.54 Å². The second kappa shape index (κ2) is 5.96. The molecule has 0 unspecified atom stereocenters. The van der Waals surface area contributed by atoms with Crippen molar-refractivity contribution in [1.82, 2.24) is 9.97 Å². The predicted molar refractivity (Wildman–Crippen MR) is 77.2 cm³/mol. The van der Waals surface area contributed by atoms with Gasteiger partial charge in [0.2, 0.25) is 0 Å². The number of nitrogens with zero attached hydrogens (tertiary/aromatic N) is 2. The highest BCUT2D eigenvalue weighted by Crippen LogP contribution is 2.19. The van der Waals surface area contributed by atoms with Crippen molar-refractivity contribution in [1.29, 1.82) is 0 Å². The highest BCUT2D eigenvalue weighted by molar-refractivity contribution is 7.10. The monoisotopic (exact) mass is 261 g/mol. The first-order chi connectivity index (χ1) is 8.72. The van der Waals surface area contributed by atoms with Crippen LogP contribution in [0.5, 0.6) is 0 Å². The molecule has 0 atom stereocenters. The molecular formula is C14H19N3S. The number of rotatable bonds is 5. The predicted octanol–water partition coefficient (Wildman–Crippen LogP) is 3.58. The minimum atomic E-state index is 0.832. The van der Waals surface area contributed by atoms with Gasteiger partial charge in [-0.05, 0) is 36.8 Å². The van der Waals surface area contributed by atoms with E-state index in [1.807, 2.05) is 13.0 Å². The molecule has 96 valence electrons. The molecule has 2 aromatic rings. The van der Waals surface area contributed by atoms with Gasteiger partial charge in [-0.2, -0.15) is 0 Å². The second-order valence-corrected chi connectivity index (χ2v) is 5.22. The maximum absolute atomic E-state index is 4.42. The number of hydrogen-bond donors (Lipinski definition) is 1. The summed E-state index contributed by atoms with van der Waals surface area (Å²) in [6.45, 7) is 7.09. The van der Waals surface area contributed by atoms with Crippen LogP contribution >= 0.6 is 11.3 Å². The number of nitrogens with one attached hydrogen (secondary N) is 1. The average molecular weight is 261 g/mol. The molecule has 2 aromatic heterocycles. The maximum Gasteiger partial charge on any atom is 0.130 e. The Bertz CT molecular complexity index is 520. The fraction of sp³-hybridized carbons (Fsp3) is 0.429. The molecule has 4 heteroatoms. The molecule has 2 heterocycles. The summed E-state index contributed by atoms with van der Waals surface area (Å²) in [5.74, 6) is 1.76. The molecule has 0 bridgehead atoms. The summed E-state index contributed by atoms with van der Waals surface area (Å²) < 4.78 is 0. The normalized spacial score (nSPS) is 10.6. The van der Waals surface area contributed by atoms with Gasteiger partial charge in [0, 0.05) is 16.6 Å². The molecule has 3 nitrogen and oxygen atoms in total. The lowest BCUT2D eigenvalue weighted by Gasteiger charge is -2.08. The van der Waals surface area contributed by atoms with Crippen molar-refractivity contribution in [2.45, 2.75) is 40.2 Å². The molecule has 0 aromatic carbocycles. The Morgan fingerprint density at radius 1 is 1.22 bits per heavy atom. The van der Waals surface area contributed by atoms with Crippen LogP contribution in [0, 0.1) is 6.92 Å². The summed E-state index contributed by atoms with van der Waals surface area (Å²) in [5, 5.41) is 5.55. The van der Waals surface area contributed by atoms with Gasteiger partial charge in [0.1, 0.15) is 11.6 Å². The van der Waals surface area contributed by atoms with Crippen molar-refractivity contribution in [3.63, 3.8) is 0 Å². The topological polar surface area (TPSA) is 37.8 Å². The molecule has 0 spiro atoms. The molecule has 0 aliphatic heterocycles. The lowest BCUT2D eigenvalue weighted by molar-refractivity contribution is 0.941. The summed E-state index contributed by atoms with van der Waals surface area (Å²) in [6, 6.07) is 4.23. The van der Waals surface area contributed by atoms with E-state index >= 15 is 0 Å². The van der Waals surface area contributed by atoms with E-state index in [9.17, 15) is 0 Å². The van der Waals surface area contributed by atoms with Crippen molar-refractivity contribution in [3.05, 3.63) is 39.5 Å². The standard InChI is InChI=1S/C14H19N3S/c1-4-11-6-7-18-13(11)9-15-14-8-12(5-2)16-10(3)17-14/h6-8H,4-5,9H2,1-3H3,(H,15,16,17). The summed E-state index contributed by atoms with van der Waals surface area (Å²) in [5.41, 5.74) is 2.51. The quantitative estimate of drug-likeness (QED) is 0.894. The van der Waals surface area contributed by atoms with Crippen molar-refractivity contribution >= 4 is 17.2 Å². The summed E-state index contributed by atoms with van der Waals surface area (Å²) in [4.78, 5) is 10.2. The Kier molecular flexibility index (Phi) is 4.31. The van der Waals surface area contributed by atoms with Crippen LogP contribution in [0.25, 0.3) is 0 Å². The molecule has 0 aliphatic rings. The van der Waals surface area contributed by atoms with E-state index in [0.717, 1.165) is 36.7 Å². The van der Waals surface area contributed by atoms with Crippen molar-refractivity contribution in [2.75, 3.05) is 5.32 Å². The van der Waals surface area contributed by atoms with Crippen molar-refractivity contribution < 1.29 is 0 Å². The average Bonchev–Trinajstić information content (AvgIpc) is 2.83. The third-order valence-electron chi connectivity index (χ3n) is 2.90. The highest BCUT2D eigenvalue weighted by atomic mass is 32.1. The smallest absolute Gasteiger partial charge is 0.130 e. The Labute approximate surface area is 112 Å². The van der Waals surface area contributed by atoms with E-state index in [4.69, 9.17) is 0 Å². The zero-order chi connectivity index (χ0) is 13.0. The van der Waals surface area contributed by atoms with Crippen molar-refractivity contribution in [2.24, 2.45) is 0 Å². The van der Waals surface area contributed by atoms with Gasteiger partial charge in [-0.15, -0.1) is 11.3 Å². The maximum atomic E-state index is 4.42. The SMILES string of the molecule is CCc1cc(NCc2sccc2CC)nc(C)n1. The molecule has 0 saturated carbocycles. The van der Waals surface area contributed by atoms with Crippen LogP contribution in [0.15, 0.2) is 17.5 Å². The summed E-state index contributed by atoms with van der Waals surface area (Å²) in [7, 11) is 0. The minimum absolute atomic E-state index is 0.832. The van der Waals surface area contributed by atoms with Crippen LogP contribution in [-0.4, -0.2) is 9.97 Å². The summed E-state index contributed by atoms with van der Waals surface area (Å²) >= 11 is 1.80. The fourth-order valence-electron chi connectivity index (χ4n) is 1.91. The number of hydrogen-bond acceptors (Lipinski definition) is 4. The van der Waals surface area contributed by atoms with E-state index in [-0.39, 0.29) is 0 Å². The van der Waals surface area contributed by atoms with E-state index in [1.165, 1.54) is 10.4 Å². The molecule has 1 N–H and O–H groups in total. The van der Waals surface area contributed by atoms with Crippen molar-refractivity contribution in [3.8, 4) is 0 Å². The molecule has 18 heavy (non-hydrogen) atoms. The molecule has 0 amide bonds. The van der Waals surface area contributed by atoms with Gasteiger partial charge < -0.3 is 5.32 Å². The van der Waals surface area contributed by atoms with Crippen LogP contribution in [0.3, 0.4) is 0 Å². The molecule has 2 rings (SSSR count). The van der Waals surface area contributed by atoms with Gasteiger partial charge in [-0.1, -0.05) is 13.8 Å². The van der Waals surface area contributed by atoms with Gasteiger partial charge >= 0.3 is 0 Å². The molecule has 0 aliphatic carbocycles. The van der Waals surface area contributed by atoms with Crippen LogP contribution in [0.4, 0.5) is 5.82 Å². The van der Waals surface area contributed by atoms with E-state index in [2.05, 4.69) is 40.6 Å². The largest absolute Gasteiger partial charge is 0.365 e. The van der Waals surface area contributed by atoms with Crippen LogP contribution < -0.4 is 5.32 Å². The Balaban J connectivity index is 2.08. The third kappa shape index (κ3) is 3.07. The molecular weight excluding hydrogens is 242 g/mol. The Morgan fingerprint density at radius 2 is 2.06 bits per heavy atom. The van der Waals surface area contributed by atoms with Gasteiger partial charge in [0.15, 0.2) is 0 Å². The van der Waals surface area contributed by atoms with Gasteiger partial charge in [-0.25, -0.2) is 9.97 Å². The lowest BCUT2D eigenvalue weighted by Crippen LogP contribution is -2.04. The van der Waals surface area contributed by atoms with E-state index in [1.54, 1.807) is 11.3 Å². The Hall–Kier alpha value is -1.42. The molecule has 0 radical (unpaired) electrons. The Morgan fingerprint density at radius 3 is 2.78 bits per heavy atom. The lowest BCUT2D eigenvalue weighted by atomic mass is 10.2. The first-order valence-electron chi connectivity index (χ1n) is 6.36. The first kappa shape index (κ1) is 13.0. The zero-order valence-corrected chi connectivity index (χ0v) is 12.0. The van der Waals surface area contributed by atoms with Gasteiger partial charge in [0.25, 0.3) is 0 Å². The second-order valence-electron chi connectivity index (χ2n) is 4.22. The number of thiophene rings is 1. The van der Waals surface area contributed by atoms with Crippen LogP contribution in [0.1, 0.15) is 35.8 Å². The minimum Gasteiger partial charge on any atom is -0.365 e. The van der Waals surface area contributed by atoms with E-state index < -0.39 is 0 Å². The fourth-order valence-corrected chi connectivity index (χ4v) is 2.83. The van der Waals surface area contributed by atoms with Gasteiger partial charge in [-0.3, -0.25) is 0 Å².